The summed E-state index contributed by atoms with van der Waals surface area (Å²) in [5.41, 5.74) is 1.91. The summed E-state index contributed by atoms with van der Waals surface area (Å²) in [6, 6.07) is 9.82. The Labute approximate surface area is 109 Å². The van der Waals surface area contributed by atoms with Gasteiger partial charge in [-0.15, -0.1) is 0 Å². The Balaban J connectivity index is 1.64. The molecule has 2 aromatic rings. The van der Waals surface area contributed by atoms with E-state index in [0.29, 0.717) is 13.2 Å². The fraction of sp³-hybridized carbons (Fsp3) is 0.214. The third kappa shape index (κ3) is 2.11. The van der Waals surface area contributed by atoms with E-state index in [1.54, 1.807) is 0 Å². The van der Waals surface area contributed by atoms with Gasteiger partial charge in [0.2, 0.25) is 0 Å². The normalized spacial score (nSPS) is 17.0. The number of carbonyl (C=O) groups excluding carboxylic acids is 1. The van der Waals surface area contributed by atoms with E-state index < -0.39 is 0 Å². The molecule has 1 aromatic carbocycles. The van der Waals surface area contributed by atoms with Gasteiger partial charge in [-0.05, 0) is 17.5 Å². The van der Waals surface area contributed by atoms with Crippen LogP contribution in [0.25, 0.3) is 0 Å². The average Bonchev–Trinajstić information content (AvgIpc) is 3.06. The molecule has 0 unspecified atom stereocenters. The molecule has 18 heavy (non-hydrogen) atoms. The number of para-hydroxylation sites is 1. The van der Waals surface area contributed by atoms with Gasteiger partial charge in [0.1, 0.15) is 5.75 Å². The van der Waals surface area contributed by atoms with Gasteiger partial charge in [-0.2, -0.15) is 11.3 Å². The van der Waals surface area contributed by atoms with Gasteiger partial charge in [-0.3, -0.25) is 4.79 Å². The van der Waals surface area contributed by atoms with E-state index in [4.69, 9.17) is 4.74 Å². The van der Waals surface area contributed by atoms with E-state index in [-0.39, 0.29) is 11.8 Å². The molecule has 0 saturated heterocycles. The fourth-order valence-corrected chi connectivity index (χ4v) is 2.75. The quantitative estimate of drug-likeness (QED) is 0.920. The molecule has 2 heterocycles. The first-order chi connectivity index (χ1) is 8.84. The average molecular weight is 259 g/mol. The summed E-state index contributed by atoms with van der Waals surface area (Å²) in [4.78, 5) is 11.8. The number of ether oxygens (including phenoxy) is 1. The molecule has 0 spiro atoms. The minimum absolute atomic E-state index is 0.0133. The van der Waals surface area contributed by atoms with Crippen molar-refractivity contribution in [3.05, 3.63) is 52.2 Å². The minimum atomic E-state index is -0.0133. The van der Waals surface area contributed by atoms with E-state index in [0.717, 1.165) is 11.3 Å². The molecule has 1 atom stereocenters. The molecular formula is C14H13NO2S. The topological polar surface area (TPSA) is 38.3 Å². The maximum absolute atomic E-state index is 11.8. The van der Waals surface area contributed by atoms with Crippen molar-refractivity contribution < 1.29 is 9.53 Å². The second kappa shape index (κ2) is 4.82. The minimum Gasteiger partial charge on any atom is -0.493 e. The smallest absolute Gasteiger partial charge is 0.252 e. The molecule has 0 fully saturated rings. The summed E-state index contributed by atoms with van der Waals surface area (Å²) in [5, 5.41) is 6.72. The van der Waals surface area contributed by atoms with Crippen molar-refractivity contribution in [3.8, 4) is 5.75 Å². The van der Waals surface area contributed by atoms with Crippen LogP contribution in [0.2, 0.25) is 0 Å². The molecule has 1 amide bonds. The molecule has 0 saturated carbocycles. The van der Waals surface area contributed by atoms with Crippen molar-refractivity contribution in [1.29, 1.82) is 0 Å². The first-order valence-electron chi connectivity index (χ1n) is 5.87. The number of nitrogens with one attached hydrogen (secondary N) is 1. The van der Waals surface area contributed by atoms with Crippen LogP contribution in [0.4, 0.5) is 0 Å². The van der Waals surface area contributed by atoms with Crippen LogP contribution in [-0.2, 0) is 0 Å². The van der Waals surface area contributed by atoms with Gasteiger partial charge in [-0.1, -0.05) is 18.2 Å². The SMILES string of the molecule is O=C(NC[C@@H]1COc2ccccc21)c1ccsc1. The highest BCUT2D eigenvalue weighted by atomic mass is 32.1. The van der Waals surface area contributed by atoms with Crippen LogP contribution in [-0.4, -0.2) is 19.1 Å². The van der Waals surface area contributed by atoms with Gasteiger partial charge < -0.3 is 10.1 Å². The van der Waals surface area contributed by atoms with Crippen molar-refractivity contribution in [2.24, 2.45) is 0 Å². The first-order valence-corrected chi connectivity index (χ1v) is 6.81. The zero-order valence-corrected chi connectivity index (χ0v) is 10.6. The highest BCUT2D eigenvalue weighted by molar-refractivity contribution is 7.08. The first kappa shape index (κ1) is 11.3. The van der Waals surface area contributed by atoms with E-state index in [9.17, 15) is 4.79 Å². The summed E-state index contributed by atoms with van der Waals surface area (Å²) in [6.07, 6.45) is 0. The lowest BCUT2D eigenvalue weighted by Crippen LogP contribution is -2.28. The molecule has 3 rings (SSSR count). The Morgan fingerprint density at radius 1 is 1.39 bits per heavy atom. The Hall–Kier alpha value is -1.81. The van der Waals surface area contributed by atoms with Crippen LogP contribution in [0.5, 0.6) is 5.75 Å². The monoisotopic (exact) mass is 259 g/mol. The lowest BCUT2D eigenvalue weighted by Gasteiger charge is -2.09. The molecule has 1 N–H and O–H groups in total. The van der Waals surface area contributed by atoms with Crippen LogP contribution in [0.1, 0.15) is 21.8 Å². The second-order valence-corrected chi connectivity index (χ2v) is 5.05. The molecule has 0 bridgehead atoms. The second-order valence-electron chi connectivity index (χ2n) is 4.27. The predicted molar refractivity (Wildman–Crippen MR) is 71.3 cm³/mol. The van der Waals surface area contributed by atoms with Crippen molar-refractivity contribution in [3.63, 3.8) is 0 Å². The Kier molecular flexibility index (Phi) is 3.02. The number of rotatable bonds is 3. The van der Waals surface area contributed by atoms with Gasteiger partial charge in [0.15, 0.2) is 0 Å². The van der Waals surface area contributed by atoms with Crippen molar-refractivity contribution >= 4 is 17.2 Å². The van der Waals surface area contributed by atoms with Crippen LogP contribution >= 0.6 is 11.3 Å². The summed E-state index contributed by atoms with van der Waals surface area (Å²) in [5.74, 6) is 1.18. The molecule has 92 valence electrons. The number of hydrogen-bond acceptors (Lipinski definition) is 3. The lowest BCUT2D eigenvalue weighted by atomic mass is 10.0. The van der Waals surface area contributed by atoms with Crippen molar-refractivity contribution in [1.82, 2.24) is 5.32 Å². The molecular weight excluding hydrogens is 246 g/mol. The molecule has 3 nitrogen and oxygen atoms in total. The predicted octanol–water partition coefficient (Wildman–Crippen LogP) is 2.65. The maximum atomic E-state index is 11.8. The third-order valence-corrected chi connectivity index (χ3v) is 3.77. The fourth-order valence-electron chi connectivity index (χ4n) is 2.11. The van der Waals surface area contributed by atoms with Gasteiger partial charge >= 0.3 is 0 Å². The van der Waals surface area contributed by atoms with E-state index in [1.807, 2.05) is 35.0 Å². The zero-order chi connectivity index (χ0) is 12.4. The summed E-state index contributed by atoms with van der Waals surface area (Å²) in [6.45, 7) is 1.26. The molecule has 0 radical (unpaired) electrons. The van der Waals surface area contributed by atoms with Crippen LogP contribution < -0.4 is 10.1 Å². The highest BCUT2D eigenvalue weighted by Crippen LogP contribution is 2.32. The molecule has 1 aromatic heterocycles. The summed E-state index contributed by atoms with van der Waals surface area (Å²) in [7, 11) is 0. The number of amides is 1. The summed E-state index contributed by atoms with van der Waals surface area (Å²) >= 11 is 1.53. The Morgan fingerprint density at radius 3 is 3.11 bits per heavy atom. The Bertz CT molecular complexity index is 551. The van der Waals surface area contributed by atoms with Crippen molar-refractivity contribution in [2.45, 2.75) is 5.92 Å². The summed E-state index contributed by atoms with van der Waals surface area (Å²) < 4.78 is 5.58. The molecule has 1 aliphatic rings. The van der Waals surface area contributed by atoms with E-state index in [1.165, 1.54) is 16.9 Å². The number of carbonyl (C=O) groups is 1. The maximum Gasteiger partial charge on any atom is 0.252 e. The molecule has 0 aliphatic carbocycles. The molecule has 4 heteroatoms. The zero-order valence-electron chi connectivity index (χ0n) is 9.76. The van der Waals surface area contributed by atoms with E-state index in [2.05, 4.69) is 11.4 Å². The van der Waals surface area contributed by atoms with Crippen LogP contribution in [0, 0.1) is 0 Å². The van der Waals surface area contributed by atoms with Gasteiger partial charge in [0.05, 0.1) is 6.61 Å². The standard InChI is InChI=1S/C14H13NO2S/c16-14(10-5-6-18-9-10)15-7-11-8-17-13-4-2-1-3-12(11)13/h1-6,9,11H,7-8H2,(H,15,16)/t11-/m1/s1. The van der Waals surface area contributed by atoms with Gasteiger partial charge in [0.25, 0.3) is 5.91 Å². The van der Waals surface area contributed by atoms with Crippen LogP contribution in [0.3, 0.4) is 0 Å². The van der Waals surface area contributed by atoms with E-state index >= 15 is 0 Å². The number of thiophene rings is 1. The number of benzene rings is 1. The van der Waals surface area contributed by atoms with Gasteiger partial charge in [0, 0.05) is 29.0 Å². The molecule has 1 aliphatic heterocycles. The van der Waals surface area contributed by atoms with Crippen molar-refractivity contribution in [2.75, 3.05) is 13.2 Å². The Morgan fingerprint density at radius 2 is 2.28 bits per heavy atom. The number of hydrogen-bond donors (Lipinski definition) is 1. The lowest BCUT2D eigenvalue weighted by molar-refractivity contribution is 0.0950. The van der Waals surface area contributed by atoms with Crippen LogP contribution in [0.15, 0.2) is 41.1 Å². The largest absolute Gasteiger partial charge is 0.493 e. The number of fused-ring (bicyclic) bond motifs is 1. The highest BCUT2D eigenvalue weighted by Gasteiger charge is 2.23. The van der Waals surface area contributed by atoms with Gasteiger partial charge in [-0.25, -0.2) is 0 Å². The third-order valence-electron chi connectivity index (χ3n) is 3.09.